The van der Waals surface area contributed by atoms with Crippen LogP contribution in [0.5, 0.6) is 0 Å². The van der Waals surface area contributed by atoms with Gasteiger partial charge in [-0.25, -0.2) is 14.4 Å². The van der Waals surface area contributed by atoms with E-state index in [0.717, 1.165) is 0 Å². The molecule has 0 bridgehead atoms. The molecule has 0 amide bonds. The molecule has 0 unspecified atom stereocenters. The van der Waals surface area contributed by atoms with Crippen LogP contribution in [0.3, 0.4) is 0 Å². The van der Waals surface area contributed by atoms with Crippen LogP contribution >= 0.6 is 0 Å². The van der Waals surface area contributed by atoms with Crippen LogP contribution < -0.4 is 10.6 Å². The highest BCUT2D eigenvalue weighted by Gasteiger charge is 2.19. The molecule has 3 rings (SSSR count). The molecule has 0 radical (unpaired) electrons. The van der Waals surface area contributed by atoms with Crippen LogP contribution in [0.2, 0.25) is 0 Å². The van der Waals surface area contributed by atoms with Crippen molar-refractivity contribution < 1.29 is 29.7 Å². The second-order valence-electron chi connectivity index (χ2n) is 5.98. The van der Waals surface area contributed by atoms with Gasteiger partial charge in [0.2, 0.25) is 0 Å². The SMILES string of the molecule is O=C(O)c1ccccc1Nc1cccc(Nc2ccccc2C(=O)O)c1C(=O)O. The molecular formula is C21H16N2O6. The summed E-state index contributed by atoms with van der Waals surface area (Å²) in [4.78, 5) is 34.8. The highest BCUT2D eigenvalue weighted by molar-refractivity contribution is 6.04. The van der Waals surface area contributed by atoms with E-state index < -0.39 is 17.9 Å². The molecule has 5 N–H and O–H groups in total. The van der Waals surface area contributed by atoms with Gasteiger partial charge >= 0.3 is 17.9 Å². The number of aromatic carboxylic acids is 3. The minimum atomic E-state index is -1.27. The molecule has 0 saturated heterocycles. The average Bonchev–Trinajstić information content (AvgIpc) is 2.68. The number of nitrogens with one attached hydrogen (secondary N) is 2. The molecule has 0 fully saturated rings. The maximum Gasteiger partial charge on any atom is 0.339 e. The fourth-order valence-corrected chi connectivity index (χ4v) is 2.84. The third kappa shape index (κ3) is 4.16. The highest BCUT2D eigenvalue weighted by atomic mass is 16.4. The number of hydrogen-bond donors (Lipinski definition) is 5. The average molecular weight is 392 g/mol. The van der Waals surface area contributed by atoms with E-state index in [9.17, 15) is 29.7 Å². The van der Waals surface area contributed by atoms with E-state index in [-0.39, 0.29) is 39.4 Å². The van der Waals surface area contributed by atoms with Gasteiger partial charge in [-0.2, -0.15) is 0 Å². The fourth-order valence-electron chi connectivity index (χ4n) is 2.84. The summed E-state index contributed by atoms with van der Waals surface area (Å²) < 4.78 is 0. The Labute approximate surface area is 165 Å². The number of carbonyl (C=O) groups is 3. The standard InChI is InChI=1S/C21H16N2O6/c24-19(25)12-6-1-3-8-14(12)22-16-10-5-11-17(18(16)21(28)29)23-15-9-4-2-7-13(15)20(26)27/h1-11,22-23H,(H,24,25)(H,26,27)(H,28,29). The molecule has 146 valence electrons. The first-order chi connectivity index (χ1) is 13.9. The zero-order valence-electron chi connectivity index (χ0n) is 14.9. The van der Waals surface area contributed by atoms with Crippen molar-refractivity contribution in [2.75, 3.05) is 10.6 Å². The number of anilines is 4. The lowest BCUT2D eigenvalue weighted by molar-refractivity contribution is 0.0687. The van der Waals surface area contributed by atoms with Crippen LogP contribution in [-0.2, 0) is 0 Å². The van der Waals surface area contributed by atoms with Gasteiger partial charge in [-0.15, -0.1) is 0 Å². The second kappa shape index (κ2) is 8.13. The first-order valence-electron chi connectivity index (χ1n) is 8.43. The van der Waals surface area contributed by atoms with Crippen LogP contribution in [0, 0.1) is 0 Å². The predicted octanol–water partition coefficient (Wildman–Crippen LogP) is 4.27. The Kier molecular flexibility index (Phi) is 5.45. The third-order valence-electron chi connectivity index (χ3n) is 4.13. The normalized spacial score (nSPS) is 10.2. The van der Waals surface area contributed by atoms with Gasteiger partial charge in [0, 0.05) is 0 Å². The first-order valence-corrected chi connectivity index (χ1v) is 8.43. The maximum atomic E-state index is 11.9. The molecule has 3 aromatic rings. The van der Waals surface area contributed by atoms with Crippen LogP contribution in [0.1, 0.15) is 31.1 Å². The van der Waals surface area contributed by atoms with Crippen molar-refractivity contribution in [3.8, 4) is 0 Å². The van der Waals surface area contributed by atoms with E-state index in [1.807, 2.05) is 0 Å². The van der Waals surface area contributed by atoms with Gasteiger partial charge in [0.15, 0.2) is 0 Å². The van der Waals surface area contributed by atoms with Gasteiger partial charge in [0.1, 0.15) is 5.56 Å². The van der Waals surface area contributed by atoms with E-state index in [4.69, 9.17) is 0 Å². The first kappa shape index (κ1) is 19.4. The molecule has 8 heteroatoms. The van der Waals surface area contributed by atoms with Crippen LogP contribution in [0.15, 0.2) is 66.7 Å². The van der Waals surface area contributed by atoms with Crippen LogP contribution in [-0.4, -0.2) is 33.2 Å². The summed E-state index contributed by atoms with van der Waals surface area (Å²) in [5, 5.41) is 34.1. The number of para-hydroxylation sites is 2. The van der Waals surface area contributed by atoms with E-state index in [0.29, 0.717) is 0 Å². The summed E-state index contributed by atoms with van der Waals surface area (Å²) in [6.45, 7) is 0. The lowest BCUT2D eigenvalue weighted by Crippen LogP contribution is -2.10. The van der Waals surface area contributed by atoms with Gasteiger partial charge in [0.05, 0.1) is 33.9 Å². The summed E-state index contributed by atoms with van der Waals surface area (Å²) in [5.41, 5.74) is 0.578. The van der Waals surface area contributed by atoms with Gasteiger partial charge in [-0.3, -0.25) is 0 Å². The minimum absolute atomic E-state index is 0.0153. The Balaban J connectivity index is 2.06. The highest BCUT2D eigenvalue weighted by Crippen LogP contribution is 2.31. The van der Waals surface area contributed by atoms with E-state index >= 15 is 0 Å². The molecule has 3 aromatic carbocycles. The van der Waals surface area contributed by atoms with Crippen molar-refractivity contribution in [3.05, 3.63) is 83.4 Å². The Morgan fingerprint density at radius 2 is 0.897 bits per heavy atom. The summed E-state index contributed by atoms with van der Waals surface area (Å²) in [7, 11) is 0. The quantitative estimate of drug-likeness (QED) is 0.402. The number of benzene rings is 3. The van der Waals surface area contributed by atoms with Crippen LogP contribution in [0.4, 0.5) is 22.7 Å². The molecular weight excluding hydrogens is 376 g/mol. The van der Waals surface area contributed by atoms with Gasteiger partial charge < -0.3 is 26.0 Å². The zero-order chi connectivity index (χ0) is 21.0. The second-order valence-corrected chi connectivity index (χ2v) is 5.98. The van der Waals surface area contributed by atoms with Gasteiger partial charge in [-0.05, 0) is 36.4 Å². The van der Waals surface area contributed by atoms with Gasteiger partial charge in [0.25, 0.3) is 0 Å². The summed E-state index contributed by atoms with van der Waals surface area (Å²) >= 11 is 0. The molecule has 0 heterocycles. The molecule has 0 aliphatic carbocycles. The summed E-state index contributed by atoms with van der Waals surface area (Å²) in [6.07, 6.45) is 0. The van der Waals surface area contributed by atoms with E-state index in [1.54, 1.807) is 30.3 Å². The molecule has 0 saturated carbocycles. The lowest BCUT2D eigenvalue weighted by Gasteiger charge is -2.17. The van der Waals surface area contributed by atoms with Crippen molar-refractivity contribution in [3.63, 3.8) is 0 Å². The lowest BCUT2D eigenvalue weighted by atomic mass is 10.1. The molecule has 29 heavy (non-hydrogen) atoms. The maximum absolute atomic E-state index is 11.9. The number of rotatable bonds is 7. The molecule has 0 aromatic heterocycles. The van der Waals surface area contributed by atoms with Crippen molar-refractivity contribution in [1.82, 2.24) is 0 Å². The minimum Gasteiger partial charge on any atom is -0.478 e. The van der Waals surface area contributed by atoms with E-state index in [2.05, 4.69) is 10.6 Å². The number of hydrogen-bond acceptors (Lipinski definition) is 5. The third-order valence-corrected chi connectivity index (χ3v) is 4.13. The number of carboxylic acid groups (broad SMARTS) is 3. The molecule has 0 atom stereocenters. The van der Waals surface area contributed by atoms with Gasteiger partial charge in [-0.1, -0.05) is 30.3 Å². The molecule has 8 nitrogen and oxygen atoms in total. The van der Waals surface area contributed by atoms with Crippen molar-refractivity contribution >= 4 is 40.7 Å². The fraction of sp³-hybridized carbons (Fsp3) is 0. The predicted molar refractivity (Wildman–Crippen MR) is 107 cm³/mol. The Bertz CT molecular complexity index is 1030. The van der Waals surface area contributed by atoms with Crippen LogP contribution in [0.25, 0.3) is 0 Å². The Morgan fingerprint density at radius 3 is 1.28 bits per heavy atom. The monoisotopic (exact) mass is 392 g/mol. The smallest absolute Gasteiger partial charge is 0.339 e. The summed E-state index contributed by atoms with van der Waals surface area (Å²) in [5.74, 6) is -3.58. The van der Waals surface area contributed by atoms with Crippen molar-refractivity contribution in [1.29, 1.82) is 0 Å². The molecule has 0 aliphatic heterocycles. The molecule has 0 spiro atoms. The van der Waals surface area contributed by atoms with Crippen molar-refractivity contribution in [2.24, 2.45) is 0 Å². The number of carboxylic acids is 3. The Morgan fingerprint density at radius 1 is 0.517 bits per heavy atom. The summed E-state index contributed by atoms with van der Waals surface area (Å²) in [6, 6.07) is 16.8. The molecule has 0 aliphatic rings. The zero-order valence-corrected chi connectivity index (χ0v) is 14.9. The topological polar surface area (TPSA) is 136 Å². The van der Waals surface area contributed by atoms with Crippen molar-refractivity contribution in [2.45, 2.75) is 0 Å². The van der Waals surface area contributed by atoms with E-state index in [1.165, 1.54) is 36.4 Å². The Hall–Kier alpha value is -4.33. The largest absolute Gasteiger partial charge is 0.478 e.